The van der Waals surface area contributed by atoms with Gasteiger partial charge in [0.15, 0.2) is 0 Å². The van der Waals surface area contributed by atoms with Crippen LogP contribution in [-0.4, -0.2) is 26.8 Å². The van der Waals surface area contributed by atoms with Crippen LogP contribution in [-0.2, 0) is 26.4 Å². The lowest BCUT2D eigenvalue weighted by molar-refractivity contribution is 0.0798. The Bertz CT molecular complexity index is 719. The molecule has 2 aromatic rings. The second-order valence-electron chi connectivity index (χ2n) is 7.66. The molecule has 1 aromatic carbocycles. The molecule has 4 aliphatic rings. The van der Waals surface area contributed by atoms with Crippen LogP contribution in [0.3, 0.4) is 0 Å². The normalized spacial score (nSPS) is 33.0. The molecule has 6 rings (SSSR count). The molecule has 3 unspecified atom stereocenters. The van der Waals surface area contributed by atoms with Crippen LogP contribution in [0.4, 0.5) is 0 Å². The van der Waals surface area contributed by atoms with Gasteiger partial charge in [-0.15, -0.1) is 0 Å². The second kappa shape index (κ2) is 4.45. The van der Waals surface area contributed by atoms with Gasteiger partial charge in [0, 0.05) is 37.4 Å². The Morgan fingerprint density at radius 3 is 2.95 bits per heavy atom. The van der Waals surface area contributed by atoms with Gasteiger partial charge in [0.1, 0.15) is 0 Å². The van der Waals surface area contributed by atoms with Crippen LogP contribution >= 0.6 is 0 Å². The highest BCUT2D eigenvalue weighted by Crippen LogP contribution is 2.59. The summed E-state index contributed by atoms with van der Waals surface area (Å²) in [5, 5.41) is 4.35. The fourth-order valence-corrected chi connectivity index (χ4v) is 5.07. The van der Waals surface area contributed by atoms with Gasteiger partial charge >= 0.3 is 0 Å². The minimum atomic E-state index is 0.447. The summed E-state index contributed by atoms with van der Waals surface area (Å²) in [6, 6.07) is 9.15. The van der Waals surface area contributed by atoms with E-state index >= 15 is 0 Å². The highest BCUT2D eigenvalue weighted by atomic mass is 15.3. The Hall–Kier alpha value is -1.61. The third kappa shape index (κ3) is 1.88. The van der Waals surface area contributed by atoms with Crippen LogP contribution in [0.15, 0.2) is 36.7 Å². The number of aromatic nitrogens is 2. The Balaban J connectivity index is 1.49. The molecule has 0 radical (unpaired) electrons. The maximum absolute atomic E-state index is 4.35. The Morgan fingerprint density at radius 1 is 1.27 bits per heavy atom. The number of hydrogen-bond donors (Lipinski definition) is 0. The molecule has 0 amide bonds. The van der Waals surface area contributed by atoms with Crippen molar-refractivity contribution in [3.05, 3.63) is 53.3 Å². The van der Waals surface area contributed by atoms with Crippen molar-refractivity contribution < 1.29 is 0 Å². The van der Waals surface area contributed by atoms with Crippen LogP contribution in [0.2, 0.25) is 0 Å². The van der Waals surface area contributed by atoms with Crippen molar-refractivity contribution in [3.63, 3.8) is 0 Å². The molecule has 1 saturated heterocycles. The van der Waals surface area contributed by atoms with Gasteiger partial charge in [-0.3, -0.25) is 9.58 Å². The third-order valence-corrected chi connectivity index (χ3v) is 6.18. The Morgan fingerprint density at radius 2 is 2.14 bits per heavy atom. The third-order valence-electron chi connectivity index (χ3n) is 6.18. The van der Waals surface area contributed by atoms with Crippen molar-refractivity contribution in [2.75, 3.05) is 6.54 Å². The summed E-state index contributed by atoms with van der Waals surface area (Å²) in [6.07, 6.45) is 9.58. The molecule has 114 valence electrons. The van der Waals surface area contributed by atoms with Gasteiger partial charge in [-0.1, -0.05) is 24.3 Å². The second-order valence-corrected chi connectivity index (χ2v) is 7.66. The number of nitrogens with zero attached hydrogens (tertiary/aromatic N) is 3. The van der Waals surface area contributed by atoms with E-state index in [9.17, 15) is 0 Å². The minimum absolute atomic E-state index is 0.447. The maximum atomic E-state index is 4.35. The van der Waals surface area contributed by atoms with Gasteiger partial charge in [-0.2, -0.15) is 5.10 Å². The zero-order chi connectivity index (χ0) is 14.7. The summed E-state index contributed by atoms with van der Waals surface area (Å²) in [5.74, 6) is 1.76. The predicted octanol–water partition coefficient (Wildman–Crippen LogP) is 2.80. The van der Waals surface area contributed by atoms with Crippen LogP contribution in [0.5, 0.6) is 0 Å². The monoisotopic (exact) mass is 293 g/mol. The van der Waals surface area contributed by atoms with E-state index < -0.39 is 0 Å². The van der Waals surface area contributed by atoms with E-state index in [4.69, 9.17) is 0 Å². The standard InChI is InChI=1S/C19H23N3/c1-21-11-15(10-20-21)13-22-12-14-6-16-4-2-3-5-17(16)8-19(22)9-18(19)7-14/h2-5,10-11,14,18H,6-9,12-13H2,1H3. The molecule has 1 spiro atoms. The highest BCUT2D eigenvalue weighted by Gasteiger charge is 2.61. The SMILES string of the molecule is Cn1cc(CN2CC3Cc4ccccc4CC24CC4C3)cn1. The van der Waals surface area contributed by atoms with Gasteiger partial charge in [0.05, 0.1) is 6.20 Å². The summed E-state index contributed by atoms with van der Waals surface area (Å²) in [7, 11) is 2.01. The van der Waals surface area contributed by atoms with E-state index in [0.29, 0.717) is 5.54 Å². The van der Waals surface area contributed by atoms with Crippen molar-refractivity contribution in [1.29, 1.82) is 0 Å². The fourth-order valence-electron chi connectivity index (χ4n) is 5.07. The van der Waals surface area contributed by atoms with Crippen molar-refractivity contribution in [3.8, 4) is 0 Å². The van der Waals surface area contributed by atoms with Crippen molar-refractivity contribution in [2.24, 2.45) is 18.9 Å². The van der Waals surface area contributed by atoms with Crippen molar-refractivity contribution in [2.45, 2.75) is 37.8 Å². The van der Waals surface area contributed by atoms with Gasteiger partial charge in [0.2, 0.25) is 0 Å². The Kier molecular flexibility index (Phi) is 2.61. The first kappa shape index (κ1) is 12.9. The van der Waals surface area contributed by atoms with E-state index in [-0.39, 0.29) is 0 Å². The molecule has 2 aliphatic heterocycles. The average Bonchev–Trinajstić information content (AvgIpc) is 3.03. The predicted molar refractivity (Wildman–Crippen MR) is 86.4 cm³/mol. The van der Waals surface area contributed by atoms with E-state index in [2.05, 4.69) is 40.5 Å². The summed E-state index contributed by atoms with van der Waals surface area (Å²) in [4.78, 5) is 2.79. The molecular weight excluding hydrogens is 270 g/mol. The van der Waals surface area contributed by atoms with Gasteiger partial charge in [-0.05, 0) is 48.6 Å². The molecule has 1 saturated carbocycles. The molecule has 3 nitrogen and oxygen atoms in total. The van der Waals surface area contributed by atoms with Crippen LogP contribution in [0.25, 0.3) is 0 Å². The number of benzene rings is 1. The van der Waals surface area contributed by atoms with E-state index in [1.54, 1.807) is 11.1 Å². The molecule has 2 fully saturated rings. The number of piperidine rings is 1. The van der Waals surface area contributed by atoms with Gasteiger partial charge in [-0.25, -0.2) is 0 Å². The largest absolute Gasteiger partial charge is 0.292 e. The molecule has 2 bridgehead atoms. The smallest absolute Gasteiger partial charge is 0.0534 e. The van der Waals surface area contributed by atoms with E-state index in [0.717, 1.165) is 18.4 Å². The molecular formula is C19H23N3. The van der Waals surface area contributed by atoms with Crippen LogP contribution in [0.1, 0.15) is 29.5 Å². The molecule has 2 aliphatic carbocycles. The highest BCUT2D eigenvalue weighted by molar-refractivity contribution is 5.35. The van der Waals surface area contributed by atoms with E-state index in [1.807, 2.05) is 17.9 Å². The molecule has 1 aromatic heterocycles. The number of hydrogen-bond acceptors (Lipinski definition) is 2. The lowest BCUT2D eigenvalue weighted by Crippen LogP contribution is -2.48. The summed E-state index contributed by atoms with van der Waals surface area (Å²) in [6.45, 7) is 2.34. The Labute approximate surface area is 131 Å². The first-order chi connectivity index (χ1) is 10.7. The first-order valence-corrected chi connectivity index (χ1v) is 8.52. The van der Waals surface area contributed by atoms with Gasteiger partial charge < -0.3 is 0 Å². The molecule has 3 heteroatoms. The summed E-state index contributed by atoms with van der Waals surface area (Å²) in [5.41, 5.74) is 5.02. The van der Waals surface area contributed by atoms with Crippen molar-refractivity contribution in [1.82, 2.24) is 14.7 Å². The lowest BCUT2D eigenvalue weighted by atomic mass is 9.80. The number of aryl methyl sites for hydroxylation is 1. The average molecular weight is 293 g/mol. The van der Waals surface area contributed by atoms with Crippen LogP contribution in [0, 0.1) is 11.8 Å². The quantitative estimate of drug-likeness (QED) is 0.849. The molecule has 0 N–H and O–H groups in total. The molecule has 3 atom stereocenters. The first-order valence-electron chi connectivity index (χ1n) is 8.52. The number of rotatable bonds is 2. The summed E-state index contributed by atoms with van der Waals surface area (Å²) >= 11 is 0. The summed E-state index contributed by atoms with van der Waals surface area (Å²) < 4.78 is 1.93. The minimum Gasteiger partial charge on any atom is -0.292 e. The fraction of sp³-hybridized carbons (Fsp3) is 0.526. The zero-order valence-corrected chi connectivity index (χ0v) is 13.2. The van der Waals surface area contributed by atoms with Gasteiger partial charge in [0.25, 0.3) is 0 Å². The molecule has 22 heavy (non-hydrogen) atoms. The lowest BCUT2D eigenvalue weighted by Gasteiger charge is -2.42. The van der Waals surface area contributed by atoms with E-state index in [1.165, 1.54) is 37.8 Å². The zero-order valence-electron chi connectivity index (χ0n) is 13.2. The van der Waals surface area contributed by atoms with Crippen LogP contribution < -0.4 is 0 Å². The number of fused-ring (bicyclic) bond motifs is 1. The topological polar surface area (TPSA) is 21.1 Å². The van der Waals surface area contributed by atoms with Crippen molar-refractivity contribution >= 4 is 0 Å². The maximum Gasteiger partial charge on any atom is 0.0534 e. The molecule has 3 heterocycles.